The molecule has 1 aromatic rings. The Morgan fingerprint density at radius 2 is 2.06 bits per heavy atom. The lowest BCUT2D eigenvalue weighted by atomic mass is 10.2. The lowest BCUT2D eigenvalue weighted by Crippen LogP contribution is -2.33. The van der Waals surface area contributed by atoms with Gasteiger partial charge in [0.05, 0.1) is 0 Å². The Hall–Kier alpha value is -1.55. The van der Waals surface area contributed by atoms with Gasteiger partial charge in [-0.3, -0.25) is 0 Å². The van der Waals surface area contributed by atoms with E-state index in [2.05, 4.69) is 0 Å². The predicted molar refractivity (Wildman–Crippen MR) is 63.1 cm³/mol. The summed E-state index contributed by atoms with van der Waals surface area (Å²) in [6.07, 6.45) is -0.219. The molecule has 0 saturated carbocycles. The van der Waals surface area contributed by atoms with Gasteiger partial charge in [-0.15, -0.1) is 0 Å². The fraction of sp³-hybridized carbons (Fsp3) is 0.417. The van der Waals surface area contributed by atoms with E-state index < -0.39 is 6.09 Å². The van der Waals surface area contributed by atoms with Crippen molar-refractivity contribution in [3.05, 3.63) is 35.9 Å². The van der Waals surface area contributed by atoms with Gasteiger partial charge in [0.1, 0.15) is 0 Å². The van der Waals surface area contributed by atoms with Crippen LogP contribution in [0.15, 0.2) is 30.3 Å². The molecule has 0 heterocycles. The second kappa shape index (κ2) is 6.12. The van der Waals surface area contributed by atoms with Gasteiger partial charge in [0.2, 0.25) is 0 Å². The molecule has 1 aromatic carbocycles. The van der Waals surface area contributed by atoms with Crippen LogP contribution in [0.25, 0.3) is 0 Å². The molecule has 0 unspecified atom stereocenters. The van der Waals surface area contributed by atoms with E-state index in [4.69, 9.17) is 10.8 Å². The molecule has 0 aliphatic rings. The Labute approximate surface area is 95.7 Å². The molecular formula is C12H18N2O2. The van der Waals surface area contributed by atoms with Gasteiger partial charge in [-0.25, -0.2) is 4.79 Å². The van der Waals surface area contributed by atoms with Gasteiger partial charge in [0.15, 0.2) is 0 Å². The van der Waals surface area contributed by atoms with Crippen LogP contribution < -0.4 is 5.73 Å². The van der Waals surface area contributed by atoms with E-state index in [1.54, 1.807) is 0 Å². The monoisotopic (exact) mass is 222 g/mol. The molecule has 0 spiro atoms. The summed E-state index contributed by atoms with van der Waals surface area (Å²) < 4.78 is 0. The maximum atomic E-state index is 11.0. The van der Waals surface area contributed by atoms with Crippen molar-refractivity contribution in [1.29, 1.82) is 0 Å². The zero-order chi connectivity index (χ0) is 12.0. The molecule has 0 aliphatic heterocycles. The topological polar surface area (TPSA) is 66.6 Å². The predicted octanol–water partition coefficient (Wildman–Crippen LogP) is 1.90. The third-order valence-electron chi connectivity index (χ3n) is 2.34. The third-order valence-corrected chi connectivity index (χ3v) is 2.34. The van der Waals surface area contributed by atoms with E-state index >= 15 is 0 Å². The molecule has 0 radical (unpaired) electrons. The summed E-state index contributed by atoms with van der Waals surface area (Å²) in [5.74, 6) is 0. The van der Waals surface area contributed by atoms with Crippen molar-refractivity contribution in [3.8, 4) is 0 Å². The van der Waals surface area contributed by atoms with Crippen molar-refractivity contribution < 1.29 is 9.90 Å². The maximum absolute atomic E-state index is 11.0. The van der Waals surface area contributed by atoms with Crippen LogP contribution in [0, 0.1) is 0 Å². The molecule has 0 aromatic heterocycles. The Balaban J connectivity index is 2.55. The summed E-state index contributed by atoms with van der Waals surface area (Å²) in [5.41, 5.74) is 6.61. The van der Waals surface area contributed by atoms with Crippen molar-refractivity contribution in [1.82, 2.24) is 4.90 Å². The van der Waals surface area contributed by atoms with Gasteiger partial charge >= 0.3 is 6.09 Å². The second-order valence-corrected chi connectivity index (χ2v) is 3.96. The molecule has 1 atom stereocenters. The summed E-state index contributed by atoms with van der Waals surface area (Å²) in [6.45, 7) is 2.77. The van der Waals surface area contributed by atoms with Crippen LogP contribution in [0.1, 0.15) is 18.9 Å². The first-order chi connectivity index (χ1) is 7.59. The molecule has 3 N–H and O–H groups in total. The number of hydrogen-bond donors (Lipinski definition) is 2. The van der Waals surface area contributed by atoms with Crippen LogP contribution in [0.3, 0.4) is 0 Å². The van der Waals surface area contributed by atoms with Crippen LogP contribution in [0.5, 0.6) is 0 Å². The van der Waals surface area contributed by atoms with Crippen LogP contribution in [-0.2, 0) is 6.54 Å². The number of nitrogens with zero attached hydrogens (tertiary/aromatic N) is 1. The van der Waals surface area contributed by atoms with Crippen LogP contribution in [0.4, 0.5) is 4.79 Å². The maximum Gasteiger partial charge on any atom is 0.407 e. The highest BCUT2D eigenvalue weighted by Gasteiger charge is 2.12. The third kappa shape index (κ3) is 4.31. The average molecular weight is 222 g/mol. The standard InChI is InChI=1S/C12H18N2O2/c1-10(13)7-8-14(12(15)16)9-11-5-3-2-4-6-11/h2-6,10H,7-9,13H2,1H3,(H,15,16)/t10-/m0/s1. The second-order valence-electron chi connectivity index (χ2n) is 3.96. The van der Waals surface area contributed by atoms with Gasteiger partial charge < -0.3 is 15.7 Å². The highest BCUT2D eigenvalue weighted by atomic mass is 16.4. The zero-order valence-corrected chi connectivity index (χ0v) is 9.47. The molecule has 16 heavy (non-hydrogen) atoms. The van der Waals surface area contributed by atoms with Crippen LogP contribution in [0.2, 0.25) is 0 Å². The van der Waals surface area contributed by atoms with Crippen LogP contribution in [-0.4, -0.2) is 28.7 Å². The Bertz CT molecular complexity index is 325. The lowest BCUT2D eigenvalue weighted by molar-refractivity contribution is 0.141. The molecule has 0 aliphatic carbocycles. The summed E-state index contributed by atoms with van der Waals surface area (Å²) in [5, 5.41) is 9.03. The van der Waals surface area contributed by atoms with Gasteiger partial charge in [-0.05, 0) is 18.9 Å². The molecule has 0 bridgehead atoms. The van der Waals surface area contributed by atoms with E-state index in [1.165, 1.54) is 4.90 Å². The molecule has 4 heteroatoms. The Morgan fingerprint density at radius 1 is 1.44 bits per heavy atom. The largest absolute Gasteiger partial charge is 0.465 e. The molecule has 4 nitrogen and oxygen atoms in total. The van der Waals surface area contributed by atoms with Crippen molar-refractivity contribution >= 4 is 6.09 Å². The quantitative estimate of drug-likeness (QED) is 0.799. The summed E-state index contributed by atoms with van der Waals surface area (Å²) in [7, 11) is 0. The zero-order valence-electron chi connectivity index (χ0n) is 9.47. The number of hydrogen-bond acceptors (Lipinski definition) is 2. The van der Waals surface area contributed by atoms with Gasteiger partial charge in [0, 0.05) is 19.1 Å². The van der Waals surface area contributed by atoms with Gasteiger partial charge in [-0.2, -0.15) is 0 Å². The average Bonchev–Trinajstić information content (AvgIpc) is 2.25. The Morgan fingerprint density at radius 3 is 2.56 bits per heavy atom. The number of carboxylic acid groups (broad SMARTS) is 1. The molecule has 1 rings (SSSR count). The number of rotatable bonds is 5. The first kappa shape index (κ1) is 12.5. The van der Waals surface area contributed by atoms with E-state index in [0.29, 0.717) is 19.5 Å². The van der Waals surface area contributed by atoms with Crippen molar-refractivity contribution in [2.24, 2.45) is 5.73 Å². The van der Waals surface area contributed by atoms with Crippen molar-refractivity contribution in [3.63, 3.8) is 0 Å². The minimum absolute atomic E-state index is 0.0256. The highest BCUT2D eigenvalue weighted by Crippen LogP contribution is 2.05. The fourth-order valence-corrected chi connectivity index (χ4v) is 1.41. The summed E-state index contributed by atoms with van der Waals surface area (Å²) in [6, 6.07) is 9.58. The first-order valence-electron chi connectivity index (χ1n) is 5.37. The normalized spacial score (nSPS) is 12.1. The molecular weight excluding hydrogens is 204 g/mol. The van der Waals surface area contributed by atoms with Crippen molar-refractivity contribution in [2.45, 2.75) is 25.9 Å². The number of amides is 1. The van der Waals surface area contributed by atoms with Crippen LogP contribution >= 0.6 is 0 Å². The minimum Gasteiger partial charge on any atom is -0.465 e. The number of benzene rings is 1. The molecule has 0 saturated heterocycles. The summed E-state index contributed by atoms with van der Waals surface area (Å²) >= 11 is 0. The Kier molecular flexibility index (Phi) is 4.79. The SMILES string of the molecule is C[C@H](N)CCN(Cc1ccccc1)C(=O)O. The molecule has 1 amide bonds. The number of nitrogens with two attached hydrogens (primary N) is 1. The van der Waals surface area contributed by atoms with Crippen molar-refractivity contribution in [2.75, 3.05) is 6.54 Å². The summed E-state index contributed by atoms with van der Waals surface area (Å²) in [4.78, 5) is 12.4. The molecule has 0 fully saturated rings. The first-order valence-corrected chi connectivity index (χ1v) is 5.37. The van der Waals surface area contributed by atoms with E-state index in [-0.39, 0.29) is 6.04 Å². The number of carbonyl (C=O) groups is 1. The lowest BCUT2D eigenvalue weighted by Gasteiger charge is -2.20. The molecule has 88 valence electrons. The van der Waals surface area contributed by atoms with E-state index in [0.717, 1.165) is 5.56 Å². The smallest absolute Gasteiger partial charge is 0.407 e. The van der Waals surface area contributed by atoms with Gasteiger partial charge in [-0.1, -0.05) is 30.3 Å². The highest BCUT2D eigenvalue weighted by molar-refractivity contribution is 5.64. The van der Waals surface area contributed by atoms with E-state index in [1.807, 2.05) is 37.3 Å². The van der Waals surface area contributed by atoms with Gasteiger partial charge in [0.25, 0.3) is 0 Å². The fourth-order valence-electron chi connectivity index (χ4n) is 1.41. The van der Waals surface area contributed by atoms with E-state index in [9.17, 15) is 4.79 Å². The minimum atomic E-state index is -0.899.